The van der Waals surface area contributed by atoms with Gasteiger partial charge in [0.25, 0.3) is 0 Å². The molecule has 0 atom stereocenters. The summed E-state index contributed by atoms with van der Waals surface area (Å²) in [6.45, 7) is 0. The van der Waals surface area contributed by atoms with Crippen molar-refractivity contribution in [1.29, 1.82) is 0 Å². The molecule has 0 aliphatic carbocycles. The minimum Gasteiger partial charge on any atom is -0.452 e. The summed E-state index contributed by atoms with van der Waals surface area (Å²) in [5, 5.41) is 0. The molecule has 0 aromatic heterocycles. The zero-order valence-electron chi connectivity index (χ0n) is 8.53. The Bertz CT molecular complexity index is 534. The lowest BCUT2D eigenvalue weighted by molar-refractivity contribution is 0.177. The van der Waals surface area contributed by atoms with Crippen LogP contribution in [0.1, 0.15) is 0 Å². The average molecular weight is 374 g/mol. The number of ether oxygens (including phenoxy) is 1. The fourth-order valence-corrected chi connectivity index (χ4v) is 2.51. The standard InChI is InChI=1S/C8H8FIN2O4S/c1-16-8(13)12-17(14,15)11-7-3-2-5(9)4-6(7)10/h2-4,11H,1H3,(H,12,13). The first-order chi connectivity index (χ1) is 7.84. The lowest BCUT2D eigenvalue weighted by Crippen LogP contribution is -2.35. The molecular weight excluding hydrogens is 366 g/mol. The maximum absolute atomic E-state index is 12.8. The van der Waals surface area contributed by atoms with Crippen LogP contribution in [0, 0.1) is 9.39 Å². The number of anilines is 1. The van der Waals surface area contributed by atoms with Gasteiger partial charge in [0.05, 0.1) is 12.8 Å². The number of nitrogens with one attached hydrogen (secondary N) is 2. The molecular formula is C8H8FIN2O4S. The predicted octanol–water partition coefficient (Wildman–Crippen LogP) is 1.44. The van der Waals surface area contributed by atoms with Crippen LogP contribution in [0.2, 0.25) is 0 Å². The first-order valence-corrected chi connectivity index (χ1v) is 6.74. The summed E-state index contributed by atoms with van der Waals surface area (Å²) in [4.78, 5) is 10.7. The van der Waals surface area contributed by atoms with Crippen molar-refractivity contribution in [2.45, 2.75) is 0 Å². The van der Waals surface area contributed by atoms with Gasteiger partial charge in [0.15, 0.2) is 0 Å². The summed E-state index contributed by atoms with van der Waals surface area (Å²) in [6.07, 6.45) is -1.12. The van der Waals surface area contributed by atoms with Crippen molar-refractivity contribution in [1.82, 2.24) is 4.72 Å². The third-order valence-corrected chi connectivity index (χ3v) is 3.40. The number of methoxy groups -OCH3 is 1. The number of carbonyl (C=O) groups is 1. The van der Waals surface area contributed by atoms with E-state index in [1.54, 1.807) is 27.3 Å². The van der Waals surface area contributed by atoms with Crippen LogP contribution >= 0.6 is 22.6 Å². The second-order valence-corrected chi connectivity index (χ2v) is 5.40. The summed E-state index contributed by atoms with van der Waals surface area (Å²) in [6, 6.07) is 3.49. The molecule has 2 N–H and O–H groups in total. The van der Waals surface area contributed by atoms with E-state index in [1.807, 2.05) is 0 Å². The van der Waals surface area contributed by atoms with E-state index in [9.17, 15) is 17.6 Å². The highest BCUT2D eigenvalue weighted by Crippen LogP contribution is 2.19. The molecule has 6 nitrogen and oxygen atoms in total. The normalized spacial score (nSPS) is 10.8. The van der Waals surface area contributed by atoms with Gasteiger partial charge in [-0.2, -0.15) is 8.42 Å². The Morgan fingerprint density at radius 3 is 2.65 bits per heavy atom. The second kappa shape index (κ2) is 5.49. The molecule has 0 saturated carbocycles. The molecule has 0 aliphatic heterocycles. The van der Waals surface area contributed by atoms with E-state index in [4.69, 9.17) is 0 Å². The van der Waals surface area contributed by atoms with E-state index in [2.05, 4.69) is 9.46 Å². The van der Waals surface area contributed by atoms with Crippen molar-refractivity contribution in [3.05, 3.63) is 27.6 Å². The van der Waals surface area contributed by atoms with Crippen molar-refractivity contribution >= 4 is 44.6 Å². The lowest BCUT2D eigenvalue weighted by atomic mass is 10.3. The fourth-order valence-electron chi connectivity index (χ4n) is 0.894. The van der Waals surface area contributed by atoms with Crippen LogP contribution in [-0.4, -0.2) is 21.6 Å². The molecule has 94 valence electrons. The molecule has 0 bridgehead atoms. The summed E-state index contributed by atoms with van der Waals surface area (Å²) in [7, 11) is -3.05. The number of hydrogen-bond donors (Lipinski definition) is 2. The number of benzene rings is 1. The van der Waals surface area contributed by atoms with Crippen LogP contribution in [0.25, 0.3) is 0 Å². The Balaban J connectivity index is 2.87. The highest BCUT2D eigenvalue weighted by molar-refractivity contribution is 14.1. The molecule has 0 radical (unpaired) electrons. The SMILES string of the molecule is COC(=O)NS(=O)(=O)Nc1ccc(F)cc1I. The third kappa shape index (κ3) is 4.34. The van der Waals surface area contributed by atoms with Crippen LogP contribution in [0.15, 0.2) is 18.2 Å². The molecule has 9 heteroatoms. The molecule has 1 amide bonds. The second-order valence-electron chi connectivity index (χ2n) is 2.82. The van der Waals surface area contributed by atoms with Gasteiger partial charge in [-0.3, -0.25) is 4.72 Å². The largest absolute Gasteiger partial charge is 0.452 e. The van der Waals surface area contributed by atoms with Crippen molar-refractivity contribution in [3.63, 3.8) is 0 Å². The van der Waals surface area contributed by atoms with Crippen LogP contribution in [-0.2, 0) is 14.9 Å². The average Bonchev–Trinajstić information content (AvgIpc) is 2.21. The Kier molecular flexibility index (Phi) is 4.51. The third-order valence-electron chi connectivity index (χ3n) is 1.58. The van der Waals surface area contributed by atoms with Gasteiger partial charge in [0, 0.05) is 3.57 Å². The zero-order valence-corrected chi connectivity index (χ0v) is 11.5. The molecule has 0 aliphatic rings. The van der Waals surface area contributed by atoms with Crippen molar-refractivity contribution in [3.8, 4) is 0 Å². The highest BCUT2D eigenvalue weighted by Gasteiger charge is 2.15. The predicted molar refractivity (Wildman–Crippen MR) is 67.2 cm³/mol. The van der Waals surface area contributed by atoms with Crippen molar-refractivity contribution in [2.75, 3.05) is 11.8 Å². The quantitative estimate of drug-likeness (QED) is 0.785. The molecule has 0 saturated heterocycles. The number of hydrogen-bond acceptors (Lipinski definition) is 4. The van der Waals surface area contributed by atoms with Crippen molar-refractivity contribution < 1.29 is 22.3 Å². The van der Waals surface area contributed by atoms with Gasteiger partial charge in [-0.05, 0) is 40.8 Å². The molecule has 1 rings (SSSR count). The van der Waals surface area contributed by atoms with Gasteiger partial charge in [-0.15, -0.1) is 0 Å². The molecule has 0 fully saturated rings. The number of rotatable bonds is 3. The minimum absolute atomic E-state index is 0.156. The lowest BCUT2D eigenvalue weighted by Gasteiger charge is -2.09. The van der Waals surface area contributed by atoms with Gasteiger partial charge < -0.3 is 4.74 Å². The molecule has 0 spiro atoms. The molecule has 0 unspecified atom stereocenters. The number of amides is 1. The van der Waals surface area contributed by atoms with E-state index in [-0.39, 0.29) is 5.69 Å². The van der Waals surface area contributed by atoms with Gasteiger partial charge in [0.2, 0.25) is 0 Å². The summed E-state index contributed by atoms with van der Waals surface area (Å²) < 4.78 is 43.7. The monoisotopic (exact) mass is 374 g/mol. The van der Waals surface area contributed by atoms with Gasteiger partial charge >= 0.3 is 16.3 Å². The summed E-state index contributed by atoms with van der Waals surface area (Å²) >= 11 is 1.76. The van der Waals surface area contributed by atoms with Crippen LogP contribution in [0.4, 0.5) is 14.9 Å². The zero-order chi connectivity index (χ0) is 13.1. The highest BCUT2D eigenvalue weighted by atomic mass is 127. The van der Waals surface area contributed by atoms with E-state index in [1.165, 1.54) is 6.07 Å². The van der Waals surface area contributed by atoms with Crippen molar-refractivity contribution in [2.24, 2.45) is 0 Å². The number of carbonyl (C=O) groups excluding carboxylic acids is 1. The first kappa shape index (κ1) is 14.0. The Morgan fingerprint density at radius 2 is 2.12 bits per heavy atom. The topological polar surface area (TPSA) is 84.5 Å². The minimum atomic E-state index is -4.08. The van der Waals surface area contributed by atoms with Gasteiger partial charge in [0.1, 0.15) is 5.82 Å². The van der Waals surface area contributed by atoms with Gasteiger partial charge in [-0.1, -0.05) is 0 Å². The van der Waals surface area contributed by atoms with E-state index in [0.29, 0.717) is 3.57 Å². The Hall–Kier alpha value is -1.10. The van der Waals surface area contributed by atoms with Gasteiger partial charge in [-0.25, -0.2) is 13.9 Å². The maximum atomic E-state index is 12.8. The van der Waals surface area contributed by atoms with E-state index in [0.717, 1.165) is 19.2 Å². The smallest absolute Gasteiger partial charge is 0.422 e. The van der Waals surface area contributed by atoms with Crippen LogP contribution in [0.5, 0.6) is 0 Å². The molecule has 1 aromatic carbocycles. The summed E-state index contributed by atoms with van der Waals surface area (Å²) in [5.41, 5.74) is 0.156. The fraction of sp³-hybridized carbons (Fsp3) is 0.125. The number of halogens is 2. The van der Waals surface area contributed by atoms with Crippen LogP contribution in [0.3, 0.4) is 0 Å². The van der Waals surface area contributed by atoms with E-state index >= 15 is 0 Å². The van der Waals surface area contributed by atoms with E-state index < -0.39 is 22.1 Å². The van der Waals surface area contributed by atoms with Crippen LogP contribution < -0.4 is 9.44 Å². The summed E-state index contributed by atoms with van der Waals surface area (Å²) in [5.74, 6) is -0.488. The first-order valence-electron chi connectivity index (χ1n) is 4.17. The Labute approximate surface area is 111 Å². The molecule has 0 heterocycles. The molecule has 1 aromatic rings. The molecule has 17 heavy (non-hydrogen) atoms. The maximum Gasteiger partial charge on any atom is 0.422 e. The Morgan fingerprint density at radius 1 is 1.47 bits per heavy atom.